The zero-order valence-electron chi connectivity index (χ0n) is 11.3. The second-order valence-electron chi connectivity index (χ2n) is 4.65. The average Bonchev–Trinajstić information content (AvgIpc) is 2.44. The Morgan fingerprint density at radius 2 is 1.71 bits per heavy atom. The summed E-state index contributed by atoms with van der Waals surface area (Å²) in [6, 6.07) is 7.68. The van der Waals surface area contributed by atoms with E-state index in [1.807, 2.05) is 0 Å². The summed E-state index contributed by atoms with van der Waals surface area (Å²) in [6.07, 6.45) is -2.26. The SMILES string of the molecule is CN1CC(=O)OB([C@@H](F)C(=O)c2ccccc2)OC(=O)C1. The predicted octanol–water partition coefficient (Wildman–Crippen LogP) is 0.267. The van der Waals surface area contributed by atoms with Gasteiger partial charge in [0.1, 0.15) is 0 Å². The minimum Gasteiger partial charge on any atom is -0.496 e. The molecule has 1 fully saturated rings. The number of benzene rings is 1. The van der Waals surface area contributed by atoms with Gasteiger partial charge in [-0.25, -0.2) is 4.39 Å². The summed E-state index contributed by atoms with van der Waals surface area (Å²) in [5, 5.41) is 0. The van der Waals surface area contributed by atoms with E-state index in [0.29, 0.717) is 0 Å². The molecule has 0 saturated carbocycles. The third-order valence-electron chi connectivity index (χ3n) is 2.84. The van der Waals surface area contributed by atoms with Gasteiger partial charge in [-0.15, -0.1) is 0 Å². The van der Waals surface area contributed by atoms with Crippen LogP contribution < -0.4 is 0 Å². The second-order valence-corrected chi connectivity index (χ2v) is 4.65. The van der Waals surface area contributed by atoms with Crippen molar-refractivity contribution in [3.05, 3.63) is 35.9 Å². The number of halogens is 1. The van der Waals surface area contributed by atoms with Crippen molar-refractivity contribution < 1.29 is 28.1 Å². The van der Waals surface area contributed by atoms with Crippen molar-refractivity contribution in [1.29, 1.82) is 0 Å². The van der Waals surface area contributed by atoms with Gasteiger partial charge in [-0.1, -0.05) is 30.3 Å². The van der Waals surface area contributed by atoms with E-state index in [4.69, 9.17) is 9.31 Å². The molecule has 21 heavy (non-hydrogen) atoms. The van der Waals surface area contributed by atoms with Crippen LogP contribution in [0.5, 0.6) is 0 Å². The Kier molecular flexibility index (Phi) is 4.69. The monoisotopic (exact) mass is 293 g/mol. The summed E-state index contributed by atoms with van der Waals surface area (Å²) in [7, 11) is -0.336. The molecule has 110 valence electrons. The van der Waals surface area contributed by atoms with E-state index < -0.39 is 30.9 Å². The number of hydrogen-bond acceptors (Lipinski definition) is 6. The number of hydrogen-bond donors (Lipinski definition) is 0. The van der Waals surface area contributed by atoms with Crippen LogP contribution in [0.15, 0.2) is 30.3 Å². The maximum Gasteiger partial charge on any atom is 0.644 e. The molecular weight excluding hydrogens is 280 g/mol. The van der Waals surface area contributed by atoms with Crippen LogP contribution in [0.3, 0.4) is 0 Å². The van der Waals surface area contributed by atoms with Gasteiger partial charge in [-0.05, 0) is 7.05 Å². The smallest absolute Gasteiger partial charge is 0.496 e. The zero-order chi connectivity index (χ0) is 15.4. The van der Waals surface area contributed by atoms with E-state index >= 15 is 0 Å². The third kappa shape index (κ3) is 3.88. The lowest BCUT2D eigenvalue weighted by Gasteiger charge is -2.23. The van der Waals surface area contributed by atoms with Gasteiger partial charge in [0.25, 0.3) is 0 Å². The van der Waals surface area contributed by atoms with Gasteiger partial charge in [-0.3, -0.25) is 19.3 Å². The summed E-state index contributed by atoms with van der Waals surface area (Å²) in [5.74, 6) is -2.44. The number of Topliss-reactive ketones (excluding diaryl/α,β-unsaturated/α-hetero) is 1. The molecule has 0 bridgehead atoms. The highest BCUT2D eigenvalue weighted by atomic mass is 19.1. The predicted molar refractivity (Wildman–Crippen MR) is 71.1 cm³/mol. The molecule has 1 aliphatic rings. The molecule has 0 aliphatic carbocycles. The van der Waals surface area contributed by atoms with Gasteiger partial charge in [0.05, 0.1) is 13.1 Å². The third-order valence-corrected chi connectivity index (χ3v) is 2.84. The molecule has 0 N–H and O–H groups in total. The first-order valence-electron chi connectivity index (χ1n) is 6.28. The van der Waals surface area contributed by atoms with Crippen LogP contribution in [0.1, 0.15) is 10.4 Å². The normalized spacial score (nSPS) is 18.3. The molecule has 1 atom stereocenters. The Hall–Kier alpha value is -2.22. The first-order chi connectivity index (χ1) is 9.97. The summed E-state index contributed by atoms with van der Waals surface area (Å²) < 4.78 is 23.6. The average molecular weight is 293 g/mol. The fourth-order valence-corrected chi connectivity index (χ4v) is 1.86. The van der Waals surface area contributed by atoms with E-state index in [1.165, 1.54) is 24.1 Å². The number of rotatable bonds is 3. The van der Waals surface area contributed by atoms with Crippen molar-refractivity contribution in [2.75, 3.05) is 20.1 Å². The first-order valence-corrected chi connectivity index (χ1v) is 6.28. The molecule has 0 aromatic heterocycles. The number of carbonyl (C=O) groups is 3. The Labute approximate surface area is 121 Å². The minimum absolute atomic E-state index is 0.108. The highest BCUT2D eigenvalue weighted by Crippen LogP contribution is 2.13. The lowest BCUT2D eigenvalue weighted by molar-refractivity contribution is -0.146. The zero-order valence-corrected chi connectivity index (χ0v) is 11.3. The van der Waals surface area contributed by atoms with Crippen molar-refractivity contribution in [1.82, 2.24) is 4.90 Å². The summed E-state index contributed by atoms with van der Waals surface area (Å²) in [4.78, 5) is 36.3. The number of likely N-dealkylation sites (N-methyl/N-ethyl adjacent to an activating group) is 1. The van der Waals surface area contributed by atoms with Crippen LogP contribution in [0, 0.1) is 0 Å². The molecule has 6 nitrogen and oxygen atoms in total. The number of alkyl halides is 1. The van der Waals surface area contributed by atoms with Crippen LogP contribution in [0.2, 0.25) is 0 Å². The van der Waals surface area contributed by atoms with E-state index in [2.05, 4.69) is 0 Å². The lowest BCUT2D eigenvalue weighted by Crippen LogP contribution is -2.48. The van der Waals surface area contributed by atoms with Gasteiger partial charge in [0.2, 0.25) is 6.07 Å². The molecule has 0 unspecified atom stereocenters. The van der Waals surface area contributed by atoms with E-state index in [1.54, 1.807) is 18.2 Å². The fourth-order valence-electron chi connectivity index (χ4n) is 1.86. The minimum atomic E-state index is -2.26. The summed E-state index contributed by atoms with van der Waals surface area (Å²) in [6.45, 7) is -0.365. The van der Waals surface area contributed by atoms with E-state index in [-0.39, 0.29) is 18.7 Å². The number of nitrogens with zero attached hydrogens (tertiary/aromatic N) is 1. The second kappa shape index (κ2) is 6.49. The summed E-state index contributed by atoms with van der Waals surface area (Å²) >= 11 is 0. The Bertz CT molecular complexity index is 533. The lowest BCUT2D eigenvalue weighted by atomic mass is 9.77. The van der Waals surface area contributed by atoms with Gasteiger partial charge >= 0.3 is 19.1 Å². The van der Waals surface area contributed by atoms with E-state index in [9.17, 15) is 18.8 Å². The number of carbonyl (C=O) groups excluding carboxylic acids is 3. The molecule has 1 saturated heterocycles. The Balaban J connectivity index is 2.13. The Morgan fingerprint density at radius 3 is 2.24 bits per heavy atom. The Morgan fingerprint density at radius 1 is 1.19 bits per heavy atom. The summed E-state index contributed by atoms with van der Waals surface area (Å²) in [5.41, 5.74) is 0.108. The highest BCUT2D eigenvalue weighted by molar-refractivity contribution is 6.56. The molecule has 1 aliphatic heterocycles. The maximum absolute atomic E-state index is 14.2. The molecule has 1 aromatic carbocycles. The van der Waals surface area contributed by atoms with Crippen molar-refractivity contribution in [2.45, 2.75) is 6.07 Å². The van der Waals surface area contributed by atoms with Crippen molar-refractivity contribution in [3.8, 4) is 0 Å². The van der Waals surface area contributed by atoms with Gasteiger partial charge < -0.3 is 9.31 Å². The van der Waals surface area contributed by atoms with Crippen LogP contribution >= 0.6 is 0 Å². The van der Waals surface area contributed by atoms with Crippen LogP contribution in [-0.2, 0) is 18.9 Å². The van der Waals surface area contributed by atoms with Gasteiger partial charge in [0, 0.05) is 5.56 Å². The molecule has 1 heterocycles. The molecular formula is C13H13BFNO5. The molecule has 0 radical (unpaired) electrons. The molecule has 2 rings (SSSR count). The van der Waals surface area contributed by atoms with Gasteiger partial charge in [0.15, 0.2) is 5.78 Å². The largest absolute Gasteiger partial charge is 0.644 e. The molecule has 0 spiro atoms. The molecule has 0 amide bonds. The van der Waals surface area contributed by atoms with Crippen molar-refractivity contribution in [3.63, 3.8) is 0 Å². The van der Waals surface area contributed by atoms with Gasteiger partial charge in [-0.2, -0.15) is 0 Å². The van der Waals surface area contributed by atoms with E-state index in [0.717, 1.165) is 0 Å². The quantitative estimate of drug-likeness (QED) is 0.588. The standard InChI is InChI=1S/C13H13BFNO5/c1-16-7-10(17)20-14(21-11(18)8-16)13(15)12(19)9-5-3-2-4-6-9/h2-6,13H,7-8H2,1H3/t13-/m0/s1. The van der Waals surface area contributed by atoms with Crippen molar-refractivity contribution in [2.24, 2.45) is 0 Å². The fraction of sp³-hybridized carbons (Fsp3) is 0.308. The number of ketones is 1. The highest BCUT2D eigenvalue weighted by Gasteiger charge is 2.44. The van der Waals surface area contributed by atoms with Crippen LogP contribution in [0.25, 0.3) is 0 Å². The molecule has 1 aromatic rings. The maximum atomic E-state index is 14.2. The van der Waals surface area contributed by atoms with Crippen molar-refractivity contribution >= 4 is 24.8 Å². The molecule has 8 heteroatoms. The van der Waals surface area contributed by atoms with Crippen LogP contribution in [-0.4, -0.2) is 55.9 Å². The first kappa shape index (κ1) is 15.2. The van der Waals surface area contributed by atoms with Crippen LogP contribution in [0.4, 0.5) is 4.39 Å². The topological polar surface area (TPSA) is 72.9 Å².